The number of carbonyl (C=O) groups excluding carboxylic acids is 1. The Hall–Kier alpha value is -0.850. The van der Waals surface area contributed by atoms with Gasteiger partial charge < -0.3 is 15.4 Å². The molecule has 2 heterocycles. The summed E-state index contributed by atoms with van der Waals surface area (Å²) in [5, 5.41) is 6.34. The van der Waals surface area contributed by atoms with E-state index in [0.29, 0.717) is 6.54 Å². The summed E-state index contributed by atoms with van der Waals surface area (Å²) in [4.78, 5) is 14.6. The molecule has 7 heteroatoms. The van der Waals surface area contributed by atoms with Gasteiger partial charge >= 0.3 is 0 Å². The molecule has 1 aromatic carbocycles. The van der Waals surface area contributed by atoms with Gasteiger partial charge in [0.25, 0.3) is 0 Å². The monoisotopic (exact) mass is 389 g/mol. The summed E-state index contributed by atoms with van der Waals surface area (Å²) in [6, 6.07) is 10.5. The highest BCUT2D eigenvalue weighted by atomic mass is 35.5. The van der Waals surface area contributed by atoms with Crippen LogP contribution in [0.2, 0.25) is 0 Å². The van der Waals surface area contributed by atoms with Gasteiger partial charge in [-0.15, -0.1) is 24.8 Å². The van der Waals surface area contributed by atoms with E-state index in [1.807, 2.05) is 6.07 Å². The maximum Gasteiger partial charge on any atom is 0.237 e. The Morgan fingerprint density at radius 3 is 2.76 bits per heavy atom. The number of hydrogen-bond donors (Lipinski definition) is 2. The zero-order valence-electron chi connectivity index (χ0n) is 14.5. The number of nitrogens with one attached hydrogen (secondary N) is 2. The van der Waals surface area contributed by atoms with Crippen molar-refractivity contribution in [2.45, 2.75) is 38.0 Å². The van der Waals surface area contributed by atoms with E-state index in [0.717, 1.165) is 45.6 Å². The fraction of sp³-hybridized carbons (Fsp3) is 0.611. The predicted molar refractivity (Wildman–Crippen MR) is 105 cm³/mol. The molecule has 0 saturated carbocycles. The summed E-state index contributed by atoms with van der Waals surface area (Å²) >= 11 is 0. The molecule has 2 N–H and O–H groups in total. The molecule has 25 heavy (non-hydrogen) atoms. The number of ether oxygens (including phenoxy) is 1. The van der Waals surface area contributed by atoms with Crippen LogP contribution in [0.5, 0.6) is 0 Å². The first-order valence-electron chi connectivity index (χ1n) is 8.70. The van der Waals surface area contributed by atoms with Crippen molar-refractivity contribution in [1.29, 1.82) is 0 Å². The van der Waals surface area contributed by atoms with E-state index in [1.54, 1.807) is 0 Å². The Bertz CT molecular complexity index is 498. The Morgan fingerprint density at radius 1 is 1.24 bits per heavy atom. The zero-order valence-corrected chi connectivity index (χ0v) is 16.1. The lowest BCUT2D eigenvalue weighted by atomic mass is 10.0. The molecule has 0 radical (unpaired) electrons. The lowest BCUT2D eigenvalue weighted by Crippen LogP contribution is -2.51. The summed E-state index contributed by atoms with van der Waals surface area (Å²) in [5.41, 5.74) is 1.32. The van der Waals surface area contributed by atoms with Gasteiger partial charge in [0.05, 0.1) is 18.8 Å². The third-order valence-corrected chi connectivity index (χ3v) is 4.60. The Balaban J connectivity index is 0.00000156. The van der Waals surface area contributed by atoms with E-state index >= 15 is 0 Å². The normalized spacial score (nSPS) is 23.8. The van der Waals surface area contributed by atoms with Crippen LogP contribution in [0.1, 0.15) is 24.8 Å². The van der Waals surface area contributed by atoms with Crippen molar-refractivity contribution < 1.29 is 9.53 Å². The molecule has 1 amide bonds. The van der Waals surface area contributed by atoms with Crippen LogP contribution >= 0.6 is 24.8 Å². The highest BCUT2D eigenvalue weighted by molar-refractivity contribution is 5.85. The topological polar surface area (TPSA) is 53.6 Å². The molecule has 0 spiro atoms. The standard InChI is InChI=1S/C18H27N3O2.2ClH/c22-18(17-8-4-5-9-19-17)20-12-16-14-21(10-11-23-16)13-15-6-2-1-3-7-15;;/h1-3,6-7,16-17,19H,4-5,8-14H2,(H,20,22);2*1H. The van der Waals surface area contributed by atoms with Gasteiger partial charge in [-0.1, -0.05) is 36.8 Å². The van der Waals surface area contributed by atoms with Crippen LogP contribution in [0.25, 0.3) is 0 Å². The summed E-state index contributed by atoms with van der Waals surface area (Å²) < 4.78 is 5.81. The molecular formula is C18H29Cl2N3O2. The van der Waals surface area contributed by atoms with Crippen molar-refractivity contribution >= 4 is 30.7 Å². The van der Waals surface area contributed by atoms with E-state index < -0.39 is 0 Å². The van der Waals surface area contributed by atoms with E-state index in [-0.39, 0.29) is 42.9 Å². The quantitative estimate of drug-likeness (QED) is 0.808. The van der Waals surface area contributed by atoms with Gasteiger partial charge in [-0.2, -0.15) is 0 Å². The van der Waals surface area contributed by atoms with E-state index in [4.69, 9.17) is 4.74 Å². The van der Waals surface area contributed by atoms with Crippen molar-refractivity contribution in [2.75, 3.05) is 32.8 Å². The van der Waals surface area contributed by atoms with Crippen LogP contribution in [0, 0.1) is 0 Å². The van der Waals surface area contributed by atoms with Gasteiger partial charge in [0, 0.05) is 26.2 Å². The first-order chi connectivity index (χ1) is 11.3. The fourth-order valence-electron chi connectivity index (χ4n) is 3.30. The van der Waals surface area contributed by atoms with E-state index in [9.17, 15) is 4.79 Å². The molecule has 2 unspecified atom stereocenters. The smallest absolute Gasteiger partial charge is 0.237 e. The molecule has 0 aromatic heterocycles. The highest BCUT2D eigenvalue weighted by Gasteiger charge is 2.24. The number of rotatable bonds is 5. The molecule has 2 fully saturated rings. The van der Waals surface area contributed by atoms with Gasteiger partial charge in [0.2, 0.25) is 5.91 Å². The molecule has 0 bridgehead atoms. The van der Waals surface area contributed by atoms with Crippen LogP contribution in [-0.2, 0) is 16.1 Å². The molecule has 2 aliphatic rings. The number of nitrogens with zero attached hydrogens (tertiary/aromatic N) is 1. The summed E-state index contributed by atoms with van der Waals surface area (Å²) in [7, 11) is 0. The maximum absolute atomic E-state index is 12.2. The second-order valence-electron chi connectivity index (χ2n) is 6.46. The van der Waals surface area contributed by atoms with Crippen LogP contribution in [0.4, 0.5) is 0 Å². The Labute approximate surface area is 162 Å². The Kier molecular flexibility index (Phi) is 10.4. The Morgan fingerprint density at radius 2 is 2.04 bits per heavy atom. The second kappa shape index (κ2) is 11.7. The second-order valence-corrected chi connectivity index (χ2v) is 6.46. The van der Waals surface area contributed by atoms with Gasteiger partial charge in [-0.05, 0) is 24.9 Å². The number of morpholine rings is 1. The van der Waals surface area contributed by atoms with Gasteiger partial charge in [0.15, 0.2) is 0 Å². The SMILES string of the molecule is Cl.Cl.O=C(NCC1CN(Cc2ccccc2)CCO1)C1CCCCN1. The summed E-state index contributed by atoms with van der Waals surface area (Å²) in [6.07, 6.45) is 3.33. The van der Waals surface area contributed by atoms with Crippen molar-refractivity contribution in [3.63, 3.8) is 0 Å². The molecule has 2 saturated heterocycles. The molecule has 142 valence electrons. The number of amides is 1. The minimum Gasteiger partial charge on any atom is -0.374 e. The molecule has 2 atom stereocenters. The largest absolute Gasteiger partial charge is 0.374 e. The lowest BCUT2D eigenvalue weighted by Gasteiger charge is -2.33. The fourth-order valence-corrected chi connectivity index (χ4v) is 3.30. The van der Waals surface area contributed by atoms with E-state index in [2.05, 4.69) is 39.8 Å². The zero-order chi connectivity index (χ0) is 15.9. The number of halogens is 2. The molecule has 0 aliphatic carbocycles. The minimum atomic E-state index is -0.0206. The third-order valence-electron chi connectivity index (χ3n) is 4.60. The van der Waals surface area contributed by atoms with Crippen molar-refractivity contribution in [2.24, 2.45) is 0 Å². The van der Waals surface area contributed by atoms with Crippen LogP contribution in [0.15, 0.2) is 30.3 Å². The lowest BCUT2D eigenvalue weighted by molar-refractivity contribution is -0.124. The first kappa shape index (κ1) is 22.2. The van der Waals surface area contributed by atoms with Crippen LogP contribution < -0.4 is 10.6 Å². The van der Waals surface area contributed by atoms with Crippen molar-refractivity contribution in [1.82, 2.24) is 15.5 Å². The molecule has 3 rings (SSSR count). The molecule has 5 nitrogen and oxygen atoms in total. The number of benzene rings is 1. The average Bonchev–Trinajstić information content (AvgIpc) is 2.62. The number of hydrogen-bond acceptors (Lipinski definition) is 4. The van der Waals surface area contributed by atoms with Crippen LogP contribution in [0.3, 0.4) is 0 Å². The van der Waals surface area contributed by atoms with Crippen molar-refractivity contribution in [3.8, 4) is 0 Å². The maximum atomic E-state index is 12.2. The highest BCUT2D eigenvalue weighted by Crippen LogP contribution is 2.11. The van der Waals surface area contributed by atoms with E-state index in [1.165, 1.54) is 12.0 Å². The number of carbonyl (C=O) groups is 1. The van der Waals surface area contributed by atoms with Crippen molar-refractivity contribution in [3.05, 3.63) is 35.9 Å². The average molecular weight is 390 g/mol. The molecular weight excluding hydrogens is 361 g/mol. The number of piperidine rings is 1. The van der Waals surface area contributed by atoms with Crippen LogP contribution in [-0.4, -0.2) is 55.7 Å². The van der Waals surface area contributed by atoms with Gasteiger partial charge in [-0.3, -0.25) is 9.69 Å². The first-order valence-corrected chi connectivity index (χ1v) is 8.70. The summed E-state index contributed by atoms with van der Waals surface area (Å²) in [5.74, 6) is 0.119. The predicted octanol–water partition coefficient (Wildman–Crippen LogP) is 1.99. The van der Waals surface area contributed by atoms with Gasteiger partial charge in [0.1, 0.15) is 0 Å². The van der Waals surface area contributed by atoms with Gasteiger partial charge in [-0.25, -0.2) is 0 Å². The summed E-state index contributed by atoms with van der Waals surface area (Å²) in [6.45, 7) is 5.04. The molecule has 1 aromatic rings. The molecule has 2 aliphatic heterocycles. The third kappa shape index (κ3) is 7.12. The minimum absolute atomic E-state index is 0.